The van der Waals surface area contributed by atoms with Crippen molar-refractivity contribution in [2.75, 3.05) is 13.6 Å². The Labute approximate surface area is 83.8 Å². The van der Waals surface area contributed by atoms with Gasteiger partial charge in [0.1, 0.15) is 5.82 Å². The lowest BCUT2D eigenvalue weighted by molar-refractivity contribution is 0.176. The first-order valence-corrected chi connectivity index (χ1v) is 4.65. The van der Waals surface area contributed by atoms with Gasteiger partial charge in [-0.15, -0.1) is 0 Å². The van der Waals surface area contributed by atoms with Crippen LogP contribution in [0.15, 0.2) is 12.1 Å². The fourth-order valence-electron chi connectivity index (χ4n) is 1.49. The first kappa shape index (κ1) is 11.1. The maximum atomic E-state index is 13.3. The number of halogens is 1. The van der Waals surface area contributed by atoms with Gasteiger partial charge in [-0.25, -0.2) is 4.39 Å². The molecule has 3 heteroatoms. The molecule has 1 unspecified atom stereocenters. The van der Waals surface area contributed by atoms with Crippen molar-refractivity contribution in [1.82, 2.24) is 5.32 Å². The number of benzene rings is 1. The molecule has 0 saturated carbocycles. The minimum atomic E-state index is -0.644. The number of aliphatic hydroxyl groups excluding tert-OH is 1. The average Bonchev–Trinajstić information content (AvgIpc) is 2.11. The number of likely N-dealkylation sites (N-methyl/N-ethyl adjacent to an activating group) is 1. The molecule has 0 aliphatic rings. The monoisotopic (exact) mass is 197 g/mol. The minimum absolute atomic E-state index is 0.254. The van der Waals surface area contributed by atoms with Crippen LogP contribution < -0.4 is 5.32 Å². The lowest BCUT2D eigenvalue weighted by atomic mass is 10.00. The Morgan fingerprint density at radius 1 is 1.43 bits per heavy atom. The molecule has 78 valence electrons. The molecule has 0 fully saturated rings. The Balaban J connectivity index is 3.07. The van der Waals surface area contributed by atoms with Crippen molar-refractivity contribution in [2.24, 2.45) is 0 Å². The SMILES string of the molecule is CNCC(O)c1cc(C)cc(F)c1C. The van der Waals surface area contributed by atoms with Gasteiger partial charge < -0.3 is 10.4 Å². The lowest BCUT2D eigenvalue weighted by Gasteiger charge is -2.14. The van der Waals surface area contributed by atoms with Gasteiger partial charge in [0, 0.05) is 6.54 Å². The molecule has 0 spiro atoms. The minimum Gasteiger partial charge on any atom is -0.387 e. The molecule has 0 bridgehead atoms. The molecule has 0 aromatic heterocycles. The molecule has 1 aromatic carbocycles. The third kappa shape index (κ3) is 2.30. The van der Waals surface area contributed by atoms with Gasteiger partial charge in [-0.05, 0) is 43.7 Å². The molecule has 1 rings (SSSR count). The normalized spacial score (nSPS) is 12.9. The average molecular weight is 197 g/mol. The summed E-state index contributed by atoms with van der Waals surface area (Å²) in [5, 5.41) is 12.6. The van der Waals surface area contributed by atoms with Crippen LogP contribution >= 0.6 is 0 Å². The Morgan fingerprint density at radius 3 is 2.64 bits per heavy atom. The van der Waals surface area contributed by atoms with Crippen LogP contribution in [0.4, 0.5) is 4.39 Å². The standard InChI is InChI=1S/C11H16FNO/c1-7-4-9(11(14)6-13-3)8(2)10(12)5-7/h4-5,11,13-14H,6H2,1-3H3. The molecule has 0 saturated heterocycles. The summed E-state index contributed by atoms with van der Waals surface area (Å²) in [5.41, 5.74) is 2.02. The lowest BCUT2D eigenvalue weighted by Crippen LogP contribution is -2.18. The van der Waals surface area contributed by atoms with Crippen LogP contribution in [0.25, 0.3) is 0 Å². The molecule has 2 N–H and O–H groups in total. The van der Waals surface area contributed by atoms with E-state index in [1.807, 2.05) is 13.0 Å². The maximum absolute atomic E-state index is 13.3. The molecule has 0 heterocycles. The molecule has 2 nitrogen and oxygen atoms in total. The van der Waals surface area contributed by atoms with Crippen LogP contribution in [0, 0.1) is 19.7 Å². The van der Waals surface area contributed by atoms with Crippen LogP contribution in [0.1, 0.15) is 22.8 Å². The van der Waals surface area contributed by atoms with E-state index in [0.717, 1.165) is 5.56 Å². The van der Waals surface area contributed by atoms with Crippen molar-refractivity contribution in [3.8, 4) is 0 Å². The van der Waals surface area contributed by atoms with Crippen LogP contribution in [0.2, 0.25) is 0 Å². The molecule has 0 amide bonds. The van der Waals surface area contributed by atoms with Crippen molar-refractivity contribution in [3.63, 3.8) is 0 Å². The van der Waals surface area contributed by atoms with Gasteiger partial charge in [-0.3, -0.25) is 0 Å². The van der Waals surface area contributed by atoms with E-state index >= 15 is 0 Å². The molecular formula is C11H16FNO. The third-order valence-electron chi connectivity index (χ3n) is 2.29. The van der Waals surface area contributed by atoms with Crippen LogP contribution in [-0.2, 0) is 0 Å². The van der Waals surface area contributed by atoms with Gasteiger partial charge in [-0.1, -0.05) is 6.07 Å². The largest absolute Gasteiger partial charge is 0.387 e. The maximum Gasteiger partial charge on any atom is 0.126 e. The number of aliphatic hydroxyl groups is 1. The van der Waals surface area contributed by atoms with E-state index in [1.54, 1.807) is 14.0 Å². The first-order chi connectivity index (χ1) is 6.56. The van der Waals surface area contributed by atoms with Crippen LogP contribution in [0.3, 0.4) is 0 Å². The van der Waals surface area contributed by atoms with Gasteiger partial charge >= 0.3 is 0 Å². The second-order valence-electron chi connectivity index (χ2n) is 3.53. The van der Waals surface area contributed by atoms with Crippen LogP contribution in [-0.4, -0.2) is 18.7 Å². The van der Waals surface area contributed by atoms with E-state index in [-0.39, 0.29) is 5.82 Å². The highest BCUT2D eigenvalue weighted by atomic mass is 19.1. The molecule has 1 atom stereocenters. The summed E-state index contributed by atoms with van der Waals surface area (Å²) in [5.74, 6) is -0.254. The van der Waals surface area contributed by atoms with E-state index in [2.05, 4.69) is 5.32 Å². The van der Waals surface area contributed by atoms with Crippen molar-refractivity contribution in [1.29, 1.82) is 0 Å². The number of nitrogens with one attached hydrogen (secondary N) is 1. The zero-order valence-corrected chi connectivity index (χ0v) is 8.76. The number of hydrogen-bond acceptors (Lipinski definition) is 2. The highest BCUT2D eigenvalue weighted by Gasteiger charge is 2.12. The van der Waals surface area contributed by atoms with E-state index in [4.69, 9.17) is 0 Å². The summed E-state index contributed by atoms with van der Waals surface area (Å²) in [7, 11) is 1.75. The quantitative estimate of drug-likeness (QED) is 0.773. The zero-order valence-electron chi connectivity index (χ0n) is 8.76. The fourth-order valence-corrected chi connectivity index (χ4v) is 1.49. The van der Waals surface area contributed by atoms with Gasteiger partial charge in [-0.2, -0.15) is 0 Å². The number of rotatable bonds is 3. The predicted octanol–water partition coefficient (Wildman–Crippen LogP) is 1.70. The van der Waals surface area contributed by atoms with Crippen LogP contribution in [0.5, 0.6) is 0 Å². The smallest absolute Gasteiger partial charge is 0.126 e. The second-order valence-corrected chi connectivity index (χ2v) is 3.53. The second kappa shape index (κ2) is 4.53. The van der Waals surface area contributed by atoms with Crippen molar-refractivity contribution in [3.05, 3.63) is 34.6 Å². The number of aryl methyl sites for hydroxylation is 1. The Bertz CT molecular complexity index is 325. The number of hydrogen-bond donors (Lipinski definition) is 2. The van der Waals surface area contributed by atoms with E-state index in [0.29, 0.717) is 17.7 Å². The molecule has 14 heavy (non-hydrogen) atoms. The molecule has 0 aliphatic heterocycles. The van der Waals surface area contributed by atoms with Crippen molar-refractivity contribution < 1.29 is 9.50 Å². The highest BCUT2D eigenvalue weighted by molar-refractivity contribution is 5.33. The van der Waals surface area contributed by atoms with Crippen molar-refractivity contribution in [2.45, 2.75) is 20.0 Å². The first-order valence-electron chi connectivity index (χ1n) is 4.65. The summed E-state index contributed by atoms with van der Waals surface area (Å²) in [6.07, 6.45) is -0.644. The predicted molar refractivity (Wildman–Crippen MR) is 54.8 cm³/mol. The summed E-state index contributed by atoms with van der Waals surface area (Å²) < 4.78 is 13.3. The zero-order chi connectivity index (χ0) is 10.7. The topological polar surface area (TPSA) is 32.3 Å². The third-order valence-corrected chi connectivity index (χ3v) is 2.29. The van der Waals surface area contributed by atoms with Gasteiger partial charge in [0.2, 0.25) is 0 Å². The molecule has 0 aliphatic carbocycles. The van der Waals surface area contributed by atoms with Crippen molar-refractivity contribution >= 4 is 0 Å². The Kier molecular flexibility index (Phi) is 3.61. The van der Waals surface area contributed by atoms with E-state index in [1.165, 1.54) is 6.07 Å². The van der Waals surface area contributed by atoms with E-state index in [9.17, 15) is 9.50 Å². The molecular weight excluding hydrogens is 181 g/mol. The Morgan fingerprint density at radius 2 is 2.07 bits per heavy atom. The van der Waals surface area contributed by atoms with Gasteiger partial charge in [0.15, 0.2) is 0 Å². The van der Waals surface area contributed by atoms with E-state index < -0.39 is 6.10 Å². The Hall–Kier alpha value is -0.930. The summed E-state index contributed by atoms with van der Waals surface area (Å²) in [6.45, 7) is 3.94. The summed E-state index contributed by atoms with van der Waals surface area (Å²) in [4.78, 5) is 0. The summed E-state index contributed by atoms with van der Waals surface area (Å²) in [6, 6.07) is 3.30. The fraction of sp³-hybridized carbons (Fsp3) is 0.455. The highest BCUT2D eigenvalue weighted by Crippen LogP contribution is 2.21. The van der Waals surface area contributed by atoms with Gasteiger partial charge in [0.05, 0.1) is 6.10 Å². The molecule has 1 aromatic rings. The molecule has 0 radical (unpaired) electrons. The summed E-state index contributed by atoms with van der Waals surface area (Å²) >= 11 is 0. The van der Waals surface area contributed by atoms with Gasteiger partial charge in [0.25, 0.3) is 0 Å².